The van der Waals surface area contributed by atoms with E-state index in [1.165, 1.54) is 0 Å². The predicted octanol–water partition coefficient (Wildman–Crippen LogP) is -1.48. The normalized spacial score (nSPS) is 9.47. The van der Waals surface area contributed by atoms with Crippen LogP contribution in [0, 0.1) is 0 Å². The summed E-state index contributed by atoms with van der Waals surface area (Å²) >= 11 is 0. The number of carboxylic acids is 1. The molecule has 0 unspecified atom stereocenters. The van der Waals surface area contributed by atoms with Gasteiger partial charge in [0.1, 0.15) is 6.54 Å². The fraction of sp³-hybridized carbons (Fsp3) is 0.667. The van der Waals surface area contributed by atoms with E-state index in [9.17, 15) is 14.4 Å². The van der Waals surface area contributed by atoms with Crippen molar-refractivity contribution in [2.24, 2.45) is 0 Å². The standard InChI is InChI=1S/C9H17N3O5/c1-17-4-2-3-10-9(16)12-5-7(13)11-6-8(14)15/h2-6H2,1H3,(H,11,13)(H,14,15)(H2,10,12,16). The van der Waals surface area contributed by atoms with Gasteiger partial charge in [-0.1, -0.05) is 0 Å². The fourth-order valence-corrected chi connectivity index (χ4v) is 0.878. The second kappa shape index (κ2) is 9.40. The van der Waals surface area contributed by atoms with Crippen molar-refractivity contribution >= 4 is 17.9 Å². The number of carbonyl (C=O) groups excluding carboxylic acids is 2. The summed E-state index contributed by atoms with van der Waals surface area (Å²) in [7, 11) is 1.56. The summed E-state index contributed by atoms with van der Waals surface area (Å²) in [6.45, 7) is 0.259. The molecular weight excluding hydrogens is 230 g/mol. The van der Waals surface area contributed by atoms with Gasteiger partial charge in [-0.15, -0.1) is 0 Å². The van der Waals surface area contributed by atoms with E-state index in [0.717, 1.165) is 0 Å². The Kier molecular flexibility index (Phi) is 8.39. The third kappa shape index (κ3) is 10.5. The van der Waals surface area contributed by atoms with Crippen molar-refractivity contribution in [2.45, 2.75) is 6.42 Å². The maximum Gasteiger partial charge on any atom is 0.322 e. The molecule has 3 amide bonds. The zero-order valence-electron chi connectivity index (χ0n) is 9.62. The van der Waals surface area contributed by atoms with Crippen LogP contribution in [0.3, 0.4) is 0 Å². The number of ether oxygens (including phenoxy) is 1. The topological polar surface area (TPSA) is 117 Å². The van der Waals surface area contributed by atoms with E-state index in [2.05, 4.69) is 16.0 Å². The molecule has 0 aromatic carbocycles. The minimum Gasteiger partial charge on any atom is -0.480 e. The summed E-state index contributed by atoms with van der Waals surface area (Å²) in [6.07, 6.45) is 0.676. The molecule has 8 heteroatoms. The highest BCUT2D eigenvalue weighted by atomic mass is 16.5. The number of amides is 3. The molecule has 0 aliphatic heterocycles. The van der Waals surface area contributed by atoms with Crippen LogP contribution in [-0.4, -0.2) is 56.4 Å². The predicted molar refractivity (Wildman–Crippen MR) is 58.5 cm³/mol. The van der Waals surface area contributed by atoms with Crippen LogP contribution in [0.25, 0.3) is 0 Å². The van der Waals surface area contributed by atoms with Crippen LogP contribution in [0.15, 0.2) is 0 Å². The number of rotatable bonds is 8. The van der Waals surface area contributed by atoms with Crippen LogP contribution < -0.4 is 16.0 Å². The first kappa shape index (κ1) is 15.2. The Hall–Kier alpha value is -1.83. The first-order valence-electron chi connectivity index (χ1n) is 5.05. The largest absolute Gasteiger partial charge is 0.480 e. The van der Waals surface area contributed by atoms with Crippen LogP contribution in [0.1, 0.15) is 6.42 Å². The molecule has 0 aromatic heterocycles. The smallest absolute Gasteiger partial charge is 0.322 e. The van der Waals surface area contributed by atoms with Crippen LogP contribution in [-0.2, 0) is 14.3 Å². The number of aliphatic carboxylic acids is 1. The first-order chi connectivity index (χ1) is 8.06. The molecule has 0 radical (unpaired) electrons. The Morgan fingerprint density at radius 3 is 2.41 bits per heavy atom. The third-order valence-electron chi connectivity index (χ3n) is 1.66. The minimum absolute atomic E-state index is 0.261. The molecule has 0 bridgehead atoms. The van der Waals surface area contributed by atoms with Crippen molar-refractivity contribution in [3.63, 3.8) is 0 Å². The van der Waals surface area contributed by atoms with Crippen molar-refractivity contribution in [1.82, 2.24) is 16.0 Å². The Morgan fingerprint density at radius 1 is 1.12 bits per heavy atom. The van der Waals surface area contributed by atoms with Gasteiger partial charge in [0.05, 0.1) is 6.54 Å². The summed E-state index contributed by atoms with van der Waals surface area (Å²) < 4.78 is 4.78. The Balaban J connectivity index is 3.49. The number of carbonyl (C=O) groups is 3. The van der Waals surface area contributed by atoms with Crippen molar-refractivity contribution in [2.75, 3.05) is 33.4 Å². The molecule has 0 heterocycles. The fourth-order valence-electron chi connectivity index (χ4n) is 0.878. The molecule has 0 aliphatic rings. The minimum atomic E-state index is -1.14. The lowest BCUT2D eigenvalue weighted by atomic mass is 10.4. The highest BCUT2D eigenvalue weighted by Gasteiger charge is 2.05. The molecule has 8 nitrogen and oxygen atoms in total. The Bertz CT molecular complexity index is 269. The van der Waals surface area contributed by atoms with Gasteiger partial charge >= 0.3 is 12.0 Å². The summed E-state index contributed by atoms with van der Waals surface area (Å²) in [5.74, 6) is -1.69. The van der Waals surface area contributed by atoms with Crippen molar-refractivity contribution in [3.8, 4) is 0 Å². The van der Waals surface area contributed by atoms with Gasteiger partial charge in [0.2, 0.25) is 5.91 Å². The second-order valence-corrected chi connectivity index (χ2v) is 3.13. The van der Waals surface area contributed by atoms with E-state index in [-0.39, 0.29) is 6.54 Å². The van der Waals surface area contributed by atoms with E-state index >= 15 is 0 Å². The monoisotopic (exact) mass is 247 g/mol. The maximum absolute atomic E-state index is 11.1. The third-order valence-corrected chi connectivity index (χ3v) is 1.66. The Morgan fingerprint density at radius 2 is 1.82 bits per heavy atom. The van der Waals surface area contributed by atoms with Gasteiger partial charge in [-0.3, -0.25) is 9.59 Å². The molecule has 17 heavy (non-hydrogen) atoms. The summed E-state index contributed by atoms with van der Waals surface area (Å²) in [5, 5.41) is 15.2. The summed E-state index contributed by atoms with van der Waals surface area (Å²) in [6, 6.07) is -0.480. The zero-order chi connectivity index (χ0) is 13.1. The van der Waals surface area contributed by atoms with Gasteiger partial charge in [-0.2, -0.15) is 0 Å². The lowest BCUT2D eigenvalue weighted by molar-refractivity contribution is -0.137. The lowest BCUT2D eigenvalue weighted by Crippen LogP contribution is -2.43. The van der Waals surface area contributed by atoms with Gasteiger partial charge in [0.15, 0.2) is 0 Å². The van der Waals surface area contributed by atoms with E-state index in [0.29, 0.717) is 19.6 Å². The van der Waals surface area contributed by atoms with Crippen molar-refractivity contribution < 1.29 is 24.2 Å². The van der Waals surface area contributed by atoms with Gasteiger partial charge in [-0.25, -0.2) is 4.79 Å². The maximum atomic E-state index is 11.1. The molecule has 0 aliphatic carbocycles. The molecule has 0 fully saturated rings. The van der Waals surface area contributed by atoms with Crippen LogP contribution >= 0.6 is 0 Å². The average molecular weight is 247 g/mol. The molecule has 0 saturated carbocycles. The average Bonchev–Trinajstić information content (AvgIpc) is 2.29. The quantitative estimate of drug-likeness (QED) is 0.390. The number of urea groups is 1. The van der Waals surface area contributed by atoms with E-state index in [4.69, 9.17) is 9.84 Å². The number of hydrogen-bond acceptors (Lipinski definition) is 4. The van der Waals surface area contributed by atoms with E-state index < -0.39 is 24.5 Å². The summed E-state index contributed by atoms with van der Waals surface area (Å²) in [5.41, 5.74) is 0. The Labute approximate surface area is 98.7 Å². The van der Waals surface area contributed by atoms with E-state index in [1.54, 1.807) is 7.11 Å². The summed E-state index contributed by atoms with van der Waals surface area (Å²) in [4.78, 5) is 32.2. The zero-order valence-corrected chi connectivity index (χ0v) is 9.62. The van der Waals surface area contributed by atoms with Crippen molar-refractivity contribution in [1.29, 1.82) is 0 Å². The molecule has 0 atom stereocenters. The molecule has 0 spiro atoms. The highest BCUT2D eigenvalue weighted by molar-refractivity contribution is 5.86. The van der Waals surface area contributed by atoms with Gasteiger partial charge in [-0.05, 0) is 6.42 Å². The molecule has 4 N–H and O–H groups in total. The molecule has 0 aromatic rings. The van der Waals surface area contributed by atoms with E-state index in [1.807, 2.05) is 0 Å². The molecular formula is C9H17N3O5. The highest BCUT2D eigenvalue weighted by Crippen LogP contribution is 1.77. The molecule has 0 saturated heterocycles. The first-order valence-corrected chi connectivity index (χ1v) is 5.05. The SMILES string of the molecule is COCCCNC(=O)NCC(=O)NCC(=O)O. The second-order valence-electron chi connectivity index (χ2n) is 3.13. The molecule has 0 rings (SSSR count). The number of nitrogens with one attached hydrogen (secondary N) is 3. The van der Waals surface area contributed by atoms with Gasteiger partial charge in [0, 0.05) is 20.3 Å². The van der Waals surface area contributed by atoms with Crippen LogP contribution in [0.5, 0.6) is 0 Å². The number of carboxylic acid groups (broad SMARTS) is 1. The van der Waals surface area contributed by atoms with Crippen molar-refractivity contribution in [3.05, 3.63) is 0 Å². The van der Waals surface area contributed by atoms with Gasteiger partial charge < -0.3 is 25.8 Å². The lowest BCUT2D eigenvalue weighted by Gasteiger charge is -2.07. The number of hydrogen-bond donors (Lipinski definition) is 4. The van der Waals surface area contributed by atoms with Gasteiger partial charge in [0.25, 0.3) is 0 Å². The van der Waals surface area contributed by atoms with Crippen LogP contribution in [0.2, 0.25) is 0 Å². The van der Waals surface area contributed by atoms with Crippen LogP contribution in [0.4, 0.5) is 4.79 Å². The molecule has 98 valence electrons. The number of methoxy groups -OCH3 is 1.